The molecule has 2 heterocycles. The number of ether oxygens (including phenoxy) is 1. The van der Waals surface area contributed by atoms with E-state index in [-0.39, 0.29) is 0 Å². The van der Waals surface area contributed by atoms with E-state index in [1.165, 1.54) is 5.56 Å². The molecule has 3 aromatic rings. The van der Waals surface area contributed by atoms with Crippen molar-refractivity contribution in [2.75, 3.05) is 12.3 Å². The summed E-state index contributed by atoms with van der Waals surface area (Å²) in [7, 11) is 0. The smallest absolute Gasteiger partial charge is 0.127 e. The number of para-hydroxylation sites is 1. The molecule has 0 atom stereocenters. The van der Waals surface area contributed by atoms with Crippen molar-refractivity contribution in [3.8, 4) is 11.5 Å². The molecule has 1 aliphatic heterocycles. The van der Waals surface area contributed by atoms with E-state index in [9.17, 15) is 0 Å². The molecular weight excluding hydrogens is 348 g/mol. The van der Waals surface area contributed by atoms with Gasteiger partial charge in [-0.15, -0.1) is 0 Å². The Labute approximate surface area is 163 Å². The Bertz CT molecular complexity index is 1020. The van der Waals surface area contributed by atoms with Gasteiger partial charge in [-0.2, -0.15) is 10.2 Å². The van der Waals surface area contributed by atoms with E-state index in [1.54, 1.807) is 12.3 Å². The number of hydrogen-bond donors (Lipinski definition) is 1. The number of nitrogen functional groups attached to an aromatic ring is 1. The van der Waals surface area contributed by atoms with Crippen molar-refractivity contribution >= 4 is 11.5 Å². The lowest BCUT2D eigenvalue weighted by Crippen LogP contribution is -1.96. The van der Waals surface area contributed by atoms with Crippen LogP contribution >= 0.6 is 0 Å². The van der Waals surface area contributed by atoms with Crippen LogP contribution in [0.25, 0.3) is 5.70 Å². The van der Waals surface area contributed by atoms with Crippen molar-refractivity contribution in [2.24, 2.45) is 10.2 Å². The number of benzene rings is 2. The average molecular weight is 368 g/mol. The van der Waals surface area contributed by atoms with E-state index in [2.05, 4.69) is 33.4 Å². The fourth-order valence-electron chi connectivity index (χ4n) is 2.83. The minimum Gasteiger partial charge on any atom is -0.457 e. The molecular formula is C23H20N4O. The van der Waals surface area contributed by atoms with Crippen molar-refractivity contribution in [1.29, 1.82) is 0 Å². The molecule has 138 valence electrons. The standard InChI is InChI=1S/C23H20N4O/c24-23-13-10-19(16-25-23)22-14-18(15-26-27-22)7-6-17-8-11-21(12-9-17)28-20-4-2-1-3-5-20/h1-5,7-14,16H,6,15H2,(H2,24,25). The molecule has 0 radical (unpaired) electrons. The molecule has 5 nitrogen and oxygen atoms in total. The second-order valence-corrected chi connectivity index (χ2v) is 6.44. The maximum atomic E-state index is 5.83. The van der Waals surface area contributed by atoms with Crippen molar-refractivity contribution in [3.63, 3.8) is 0 Å². The minimum atomic E-state index is 0.493. The van der Waals surface area contributed by atoms with E-state index in [1.807, 2.05) is 54.6 Å². The topological polar surface area (TPSA) is 72.9 Å². The summed E-state index contributed by atoms with van der Waals surface area (Å²) >= 11 is 0. The number of allylic oxidation sites excluding steroid dienone is 1. The number of hydrogen-bond acceptors (Lipinski definition) is 5. The normalized spacial score (nSPS) is 14.7. The number of aromatic nitrogens is 1. The predicted molar refractivity (Wildman–Crippen MR) is 111 cm³/mol. The summed E-state index contributed by atoms with van der Waals surface area (Å²) < 4.78 is 5.83. The minimum absolute atomic E-state index is 0.493. The Morgan fingerprint density at radius 3 is 2.46 bits per heavy atom. The third-order valence-corrected chi connectivity index (χ3v) is 4.34. The molecule has 0 amide bonds. The molecule has 0 aliphatic carbocycles. The fraction of sp³-hybridized carbons (Fsp3) is 0.0870. The van der Waals surface area contributed by atoms with Crippen LogP contribution in [0.5, 0.6) is 11.5 Å². The van der Waals surface area contributed by atoms with Gasteiger partial charge in [-0.05, 0) is 60.0 Å². The van der Waals surface area contributed by atoms with Gasteiger partial charge in [0.15, 0.2) is 0 Å². The van der Waals surface area contributed by atoms with Gasteiger partial charge >= 0.3 is 0 Å². The average Bonchev–Trinajstić information content (AvgIpc) is 2.75. The van der Waals surface area contributed by atoms with Gasteiger partial charge in [0.05, 0.1) is 12.2 Å². The van der Waals surface area contributed by atoms with Gasteiger partial charge in [-0.25, -0.2) is 4.98 Å². The molecule has 4 rings (SSSR count). The largest absolute Gasteiger partial charge is 0.457 e. The first kappa shape index (κ1) is 17.7. The summed E-state index contributed by atoms with van der Waals surface area (Å²) in [6.45, 7) is 0.584. The Morgan fingerprint density at radius 2 is 1.71 bits per heavy atom. The van der Waals surface area contributed by atoms with Crippen molar-refractivity contribution < 1.29 is 4.74 Å². The van der Waals surface area contributed by atoms with Crippen LogP contribution in [0.15, 0.2) is 101 Å². The summed E-state index contributed by atoms with van der Waals surface area (Å²) in [5.74, 6) is 2.15. The molecule has 0 spiro atoms. The van der Waals surface area contributed by atoms with Gasteiger partial charge in [-0.1, -0.05) is 36.4 Å². The molecule has 5 heteroatoms. The van der Waals surface area contributed by atoms with E-state index >= 15 is 0 Å². The summed E-state index contributed by atoms with van der Waals surface area (Å²) in [4.78, 5) is 4.12. The van der Waals surface area contributed by atoms with Crippen LogP contribution < -0.4 is 10.5 Å². The van der Waals surface area contributed by atoms with Gasteiger partial charge in [-0.3, -0.25) is 0 Å². The number of rotatable bonds is 5. The zero-order valence-electron chi connectivity index (χ0n) is 15.3. The number of anilines is 1. The van der Waals surface area contributed by atoms with Gasteiger partial charge in [0.2, 0.25) is 0 Å². The highest BCUT2D eigenvalue weighted by atomic mass is 16.5. The molecule has 0 unspecified atom stereocenters. The molecule has 1 aliphatic rings. The summed E-state index contributed by atoms with van der Waals surface area (Å²) in [6, 6.07) is 21.6. The van der Waals surface area contributed by atoms with Crippen molar-refractivity contribution in [1.82, 2.24) is 4.98 Å². The lowest BCUT2D eigenvalue weighted by Gasteiger charge is -2.09. The predicted octanol–water partition coefficient (Wildman–Crippen LogP) is 5.43. The molecule has 0 fully saturated rings. The van der Waals surface area contributed by atoms with Gasteiger partial charge in [0.25, 0.3) is 0 Å². The molecule has 0 saturated carbocycles. The molecule has 2 aromatic carbocycles. The molecule has 0 saturated heterocycles. The zero-order valence-corrected chi connectivity index (χ0v) is 15.3. The highest BCUT2D eigenvalue weighted by Gasteiger charge is 2.07. The highest BCUT2D eigenvalue weighted by Crippen LogP contribution is 2.24. The quantitative estimate of drug-likeness (QED) is 0.652. The van der Waals surface area contributed by atoms with Gasteiger partial charge in [0.1, 0.15) is 17.3 Å². The summed E-state index contributed by atoms with van der Waals surface area (Å²) in [5.41, 5.74) is 9.69. The first-order valence-corrected chi connectivity index (χ1v) is 9.08. The first-order chi connectivity index (χ1) is 13.8. The highest BCUT2D eigenvalue weighted by molar-refractivity contribution is 5.67. The Kier molecular flexibility index (Phi) is 5.24. The fourth-order valence-corrected chi connectivity index (χ4v) is 2.83. The van der Waals surface area contributed by atoms with Gasteiger partial charge < -0.3 is 10.5 Å². The second kappa shape index (κ2) is 8.31. The van der Waals surface area contributed by atoms with Crippen LogP contribution in [-0.2, 0) is 6.42 Å². The molecule has 28 heavy (non-hydrogen) atoms. The first-order valence-electron chi connectivity index (χ1n) is 9.08. The van der Waals surface area contributed by atoms with Crippen LogP contribution in [0.1, 0.15) is 11.1 Å². The number of nitrogens with zero attached hydrogens (tertiary/aromatic N) is 3. The second-order valence-electron chi connectivity index (χ2n) is 6.44. The maximum absolute atomic E-state index is 5.83. The van der Waals surface area contributed by atoms with E-state index in [0.717, 1.165) is 34.8 Å². The van der Waals surface area contributed by atoms with Gasteiger partial charge in [0, 0.05) is 11.8 Å². The number of pyridine rings is 1. The van der Waals surface area contributed by atoms with Crippen LogP contribution in [0.2, 0.25) is 0 Å². The Morgan fingerprint density at radius 1 is 0.929 bits per heavy atom. The van der Waals surface area contributed by atoms with Crippen molar-refractivity contribution in [2.45, 2.75) is 6.42 Å². The maximum Gasteiger partial charge on any atom is 0.127 e. The third-order valence-electron chi connectivity index (χ3n) is 4.34. The summed E-state index contributed by atoms with van der Waals surface area (Å²) in [5, 5.41) is 8.46. The zero-order chi connectivity index (χ0) is 19.2. The Hall–Kier alpha value is -3.73. The molecule has 1 aromatic heterocycles. The van der Waals surface area contributed by atoms with E-state index < -0.39 is 0 Å². The van der Waals surface area contributed by atoms with Crippen LogP contribution in [0, 0.1) is 0 Å². The molecule has 2 N–H and O–H groups in total. The van der Waals surface area contributed by atoms with Crippen molar-refractivity contribution in [3.05, 3.63) is 102 Å². The SMILES string of the molecule is Nc1ccc(C2=CC(=CCc3ccc(Oc4ccccc4)cc3)CN=N2)cn1. The number of nitrogens with two attached hydrogens (primary N) is 1. The number of azo groups is 1. The summed E-state index contributed by atoms with van der Waals surface area (Å²) in [6.07, 6.45) is 6.76. The van der Waals surface area contributed by atoms with E-state index in [0.29, 0.717) is 12.4 Å². The third kappa shape index (κ3) is 4.51. The monoisotopic (exact) mass is 368 g/mol. The van der Waals surface area contributed by atoms with Crippen LogP contribution in [0.4, 0.5) is 5.82 Å². The Balaban J connectivity index is 1.42. The van der Waals surface area contributed by atoms with Crippen LogP contribution in [-0.4, -0.2) is 11.5 Å². The lowest BCUT2D eigenvalue weighted by atomic mass is 10.1. The van der Waals surface area contributed by atoms with Crippen LogP contribution in [0.3, 0.4) is 0 Å². The molecule has 0 bridgehead atoms. The lowest BCUT2D eigenvalue weighted by molar-refractivity contribution is 0.482. The van der Waals surface area contributed by atoms with E-state index in [4.69, 9.17) is 10.5 Å².